The minimum absolute atomic E-state index is 0.0412. The van der Waals surface area contributed by atoms with Gasteiger partial charge in [-0.05, 0) is 76.2 Å². The van der Waals surface area contributed by atoms with E-state index in [0.717, 1.165) is 12.8 Å². The molecule has 1 aliphatic carbocycles. The zero-order chi connectivity index (χ0) is 24.6. The van der Waals surface area contributed by atoms with E-state index in [1.54, 1.807) is 17.0 Å². The topological polar surface area (TPSA) is 79.6 Å². The highest BCUT2D eigenvalue weighted by atomic mass is 79.9. The lowest BCUT2D eigenvalue weighted by Crippen LogP contribution is -2.66. The molecule has 0 saturated carbocycles. The number of amides is 2. The maximum Gasteiger partial charge on any atom is 0.247 e. The van der Waals surface area contributed by atoms with Gasteiger partial charge in [-0.1, -0.05) is 52.0 Å². The summed E-state index contributed by atoms with van der Waals surface area (Å²) in [6.45, 7) is 7.98. The highest BCUT2D eigenvalue weighted by molar-refractivity contribution is 9.10. The lowest BCUT2D eigenvalue weighted by molar-refractivity contribution is -0.158. The number of benzene rings is 1. The van der Waals surface area contributed by atoms with E-state index < -0.39 is 18.1 Å². The van der Waals surface area contributed by atoms with Gasteiger partial charge in [0.05, 0.1) is 0 Å². The number of fused-ring (bicyclic) bond motifs is 1. The average molecular weight is 529 g/mol. The van der Waals surface area contributed by atoms with Gasteiger partial charge in [-0.15, -0.1) is 0 Å². The SMILES string of the molecule is CC(C)CC(=O)[C@@H](c1ccc(Br)o1)N1C(=O)[C@@H](C2Cc3ccccc3C2)NC(=O)[C@H]1CC(C)C. The molecule has 0 spiro atoms. The molecule has 2 aliphatic rings. The second-order valence-corrected chi connectivity index (χ2v) is 11.2. The number of carbonyl (C=O) groups excluding carboxylic acids is 3. The van der Waals surface area contributed by atoms with Crippen LogP contribution in [-0.2, 0) is 27.2 Å². The molecule has 2 amide bonds. The van der Waals surface area contributed by atoms with Crippen molar-refractivity contribution in [2.45, 2.75) is 71.5 Å². The van der Waals surface area contributed by atoms with Gasteiger partial charge >= 0.3 is 0 Å². The molecule has 1 N–H and O–H groups in total. The number of piperazine rings is 1. The Balaban J connectivity index is 1.73. The lowest BCUT2D eigenvalue weighted by Gasteiger charge is -2.44. The molecule has 7 heteroatoms. The van der Waals surface area contributed by atoms with E-state index in [4.69, 9.17) is 4.42 Å². The first-order valence-electron chi connectivity index (χ1n) is 12.1. The Morgan fingerprint density at radius 3 is 2.24 bits per heavy atom. The molecule has 1 aromatic carbocycles. The van der Waals surface area contributed by atoms with Gasteiger partial charge in [0.25, 0.3) is 0 Å². The van der Waals surface area contributed by atoms with Crippen molar-refractivity contribution in [3.05, 3.63) is 58.0 Å². The third-order valence-corrected chi connectivity index (χ3v) is 7.19. The molecule has 6 nitrogen and oxygen atoms in total. The zero-order valence-electron chi connectivity index (χ0n) is 20.2. The Morgan fingerprint density at radius 1 is 1.06 bits per heavy atom. The van der Waals surface area contributed by atoms with Gasteiger partial charge in [0, 0.05) is 6.42 Å². The number of nitrogens with one attached hydrogen (secondary N) is 1. The highest BCUT2D eigenvalue weighted by Gasteiger charge is 2.50. The minimum atomic E-state index is -0.928. The van der Waals surface area contributed by atoms with Gasteiger partial charge in [0.15, 0.2) is 10.5 Å². The molecule has 2 heterocycles. The molecule has 3 atom stereocenters. The van der Waals surface area contributed by atoms with Crippen molar-refractivity contribution in [2.75, 3.05) is 0 Å². The summed E-state index contributed by atoms with van der Waals surface area (Å²) in [6.07, 6.45) is 2.23. The van der Waals surface area contributed by atoms with Crippen LogP contribution < -0.4 is 5.32 Å². The van der Waals surface area contributed by atoms with E-state index in [1.807, 2.05) is 39.8 Å². The van der Waals surface area contributed by atoms with Crippen LogP contribution in [-0.4, -0.2) is 34.6 Å². The molecular weight excluding hydrogens is 496 g/mol. The van der Waals surface area contributed by atoms with Crippen molar-refractivity contribution >= 4 is 33.5 Å². The summed E-state index contributed by atoms with van der Waals surface area (Å²) in [5.41, 5.74) is 2.43. The summed E-state index contributed by atoms with van der Waals surface area (Å²) in [5.74, 6) is 0.138. The molecule has 2 aromatic rings. The molecule has 1 saturated heterocycles. The predicted molar refractivity (Wildman–Crippen MR) is 133 cm³/mol. The average Bonchev–Trinajstić information content (AvgIpc) is 3.38. The zero-order valence-corrected chi connectivity index (χ0v) is 21.8. The number of carbonyl (C=O) groups is 3. The largest absolute Gasteiger partial charge is 0.452 e. The Kier molecular flexibility index (Phi) is 7.31. The van der Waals surface area contributed by atoms with Gasteiger partial charge < -0.3 is 14.6 Å². The maximum absolute atomic E-state index is 14.1. The molecule has 1 fully saturated rings. The maximum atomic E-state index is 14.1. The van der Waals surface area contributed by atoms with Gasteiger partial charge in [-0.2, -0.15) is 0 Å². The number of ketones is 1. The third kappa shape index (κ3) is 4.99. The molecule has 0 unspecified atom stereocenters. The van der Waals surface area contributed by atoms with E-state index in [0.29, 0.717) is 23.3 Å². The highest BCUT2D eigenvalue weighted by Crippen LogP contribution is 2.37. The van der Waals surface area contributed by atoms with Crippen molar-refractivity contribution in [1.82, 2.24) is 10.2 Å². The summed E-state index contributed by atoms with van der Waals surface area (Å²) in [4.78, 5) is 42.7. The first kappa shape index (κ1) is 24.7. The number of rotatable bonds is 8. The van der Waals surface area contributed by atoms with E-state index in [2.05, 4.69) is 33.4 Å². The summed E-state index contributed by atoms with van der Waals surface area (Å²) < 4.78 is 6.31. The number of nitrogens with zero attached hydrogens (tertiary/aromatic N) is 1. The Labute approximate surface area is 209 Å². The van der Waals surface area contributed by atoms with E-state index >= 15 is 0 Å². The minimum Gasteiger partial charge on any atom is -0.452 e. The summed E-state index contributed by atoms with van der Waals surface area (Å²) >= 11 is 3.33. The van der Waals surface area contributed by atoms with Gasteiger partial charge in [-0.3, -0.25) is 14.4 Å². The fourth-order valence-corrected chi connectivity index (χ4v) is 5.63. The molecule has 1 aromatic heterocycles. The molecular formula is C27H33BrN2O4. The van der Waals surface area contributed by atoms with E-state index in [9.17, 15) is 14.4 Å². The second-order valence-electron chi connectivity index (χ2n) is 10.4. The molecule has 34 heavy (non-hydrogen) atoms. The van der Waals surface area contributed by atoms with Crippen molar-refractivity contribution in [3.63, 3.8) is 0 Å². The van der Waals surface area contributed by atoms with Crippen LogP contribution in [0.25, 0.3) is 0 Å². The van der Waals surface area contributed by atoms with Gasteiger partial charge in [-0.25, -0.2) is 0 Å². The van der Waals surface area contributed by atoms with Crippen LogP contribution in [0.3, 0.4) is 0 Å². The number of Topliss-reactive ketones (excluding diaryl/α,β-unsaturated/α-hetero) is 1. The second kappa shape index (κ2) is 10.1. The van der Waals surface area contributed by atoms with Crippen LogP contribution in [0.5, 0.6) is 0 Å². The fourth-order valence-electron chi connectivity index (χ4n) is 5.31. The van der Waals surface area contributed by atoms with Crippen molar-refractivity contribution in [2.24, 2.45) is 17.8 Å². The smallest absolute Gasteiger partial charge is 0.247 e. The molecule has 182 valence electrons. The van der Waals surface area contributed by atoms with Crippen LogP contribution in [0, 0.1) is 17.8 Å². The van der Waals surface area contributed by atoms with Crippen LogP contribution in [0.4, 0.5) is 0 Å². The van der Waals surface area contributed by atoms with Crippen LogP contribution in [0.2, 0.25) is 0 Å². The normalized spacial score (nSPS) is 21.8. The molecule has 4 rings (SSSR count). The number of hydrogen-bond donors (Lipinski definition) is 1. The van der Waals surface area contributed by atoms with Gasteiger partial charge in [0.2, 0.25) is 11.8 Å². The van der Waals surface area contributed by atoms with Crippen LogP contribution >= 0.6 is 15.9 Å². The monoisotopic (exact) mass is 528 g/mol. The Morgan fingerprint density at radius 2 is 1.71 bits per heavy atom. The van der Waals surface area contributed by atoms with Crippen LogP contribution in [0.1, 0.15) is 63.5 Å². The first-order valence-corrected chi connectivity index (χ1v) is 12.9. The number of halogens is 1. The fraction of sp³-hybridized carbons (Fsp3) is 0.519. The predicted octanol–water partition coefficient (Wildman–Crippen LogP) is 4.86. The van der Waals surface area contributed by atoms with Crippen molar-refractivity contribution in [3.8, 4) is 0 Å². The van der Waals surface area contributed by atoms with Gasteiger partial charge in [0.1, 0.15) is 23.9 Å². The van der Waals surface area contributed by atoms with E-state index in [1.165, 1.54) is 11.1 Å². The summed E-state index contributed by atoms with van der Waals surface area (Å²) in [7, 11) is 0. The molecule has 0 bridgehead atoms. The number of hydrogen-bond acceptors (Lipinski definition) is 4. The molecule has 0 radical (unpaired) electrons. The summed E-state index contributed by atoms with van der Waals surface area (Å²) in [5, 5.41) is 3.04. The lowest BCUT2D eigenvalue weighted by atomic mass is 9.87. The standard InChI is InChI=1S/C27H33BrN2O4/c1-15(2)11-20-26(32)29-24(19-13-17-7-5-6-8-18(17)14-19)27(33)30(20)25(21(31)12-16(3)4)22-9-10-23(28)34-22/h5-10,15-16,19-20,24-25H,11-14H2,1-4H3,(H,29,32)/t20-,24-,25+/m1/s1. The quantitative estimate of drug-likeness (QED) is 0.530. The number of furan rings is 1. The Hall–Kier alpha value is -2.41. The van der Waals surface area contributed by atoms with Crippen molar-refractivity contribution < 1.29 is 18.8 Å². The summed E-state index contributed by atoms with van der Waals surface area (Å²) in [6, 6.07) is 9.29. The third-order valence-electron chi connectivity index (χ3n) is 6.76. The molecule has 1 aliphatic heterocycles. The van der Waals surface area contributed by atoms with Crippen LogP contribution in [0.15, 0.2) is 45.5 Å². The first-order chi connectivity index (χ1) is 16.2. The van der Waals surface area contributed by atoms with Crippen molar-refractivity contribution in [1.29, 1.82) is 0 Å². The Bertz CT molecular complexity index is 1050. The van der Waals surface area contributed by atoms with E-state index in [-0.39, 0.29) is 35.4 Å².